The molecule has 1 amide bonds. The Morgan fingerprint density at radius 2 is 2.12 bits per heavy atom. The van der Waals surface area contributed by atoms with Crippen LogP contribution in [0.4, 0.5) is 0 Å². The molecule has 0 aromatic rings. The molecule has 0 aromatic carbocycles. The Balaban J connectivity index is 1.90. The first-order valence-corrected chi connectivity index (χ1v) is 9.94. The standard InChI is InChI=1S/C15H27N2O7P/c1-15(2)10-23-25(20,17-9-11-5-4-8-22-11)24-13(15)14(19)16-7-6-12(18)21-3/h11,13H,4-10H2,1-3H3,(H,16,19)(H,17,20)/t11?,13-,25?/m0/s1. The van der Waals surface area contributed by atoms with Gasteiger partial charge in [-0.25, -0.2) is 9.65 Å². The van der Waals surface area contributed by atoms with E-state index < -0.39 is 31.1 Å². The van der Waals surface area contributed by atoms with Crippen LogP contribution in [0.1, 0.15) is 33.1 Å². The number of carbonyl (C=O) groups is 2. The van der Waals surface area contributed by atoms with Crippen molar-refractivity contribution in [2.75, 3.05) is 33.4 Å². The second kappa shape index (κ2) is 8.60. The van der Waals surface area contributed by atoms with E-state index in [1.54, 1.807) is 13.8 Å². The van der Waals surface area contributed by atoms with Crippen molar-refractivity contribution in [3.05, 3.63) is 0 Å². The van der Waals surface area contributed by atoms with E-state index >= 15 is 0 Å². The minimum atomic E-state index is -3.60. The summed E-state index contributed by atoms with van der Waals surface area (Å²) in [7, 11) is -2.31. The van der Waals surface area contributed by atoms with Gasteiger partial charge in [-0.2, -0.15) is 0 Å². The van der Waals surface area contributed by atoms with Crippen molar-refractivity contribution >= 4 is 19.6 Å². The van der Waals surface area contributed by atoms with Crippen LogP contribution < -0.4 is 10.4 Å². The van der Waals surface area contributed by atoms with Crippen LogP contribution in [0, 0.1) is 5.41 Å². The molecule has 0 radical (unpaired) electrons. The van der Waals surface area contributed by atoms with Gasteiger partial charge in [0, 0.05) is 25.1 Å². The summed E-state index contributed by atoms with van der Waals surface area (Å²) in [6.07, 6.45) is 0.926. The first-order chi connectivity index (χ1) is 11.8. The van der Waals surface area contributed by atoms with Gasteiger partial charge in [-0.15, -0.1) is 0 Å². The number of ether oxygens (including phenoxy) is 2. The van der Waals surface area contributed by atoms with E-state index in [4.69, 9.17) is 13.8 Å². The lowest BCUT2D eigenvalue weighted by Crippen LogP contribution is -2.51. The summed E-state index contributed by atoms with van der Waals surface area (Å²) in [6.45, 7) is 4.85. The average molecular weight is 378 g/mol. The maximum absolute atomic E-state index is 12.8. The second-order valence-electron chi connectivity index (χ2n) is 6.86. The summed E-state index contributed by atoms with van der Waals surface area (Å²) in [5, 5.41) is 5.39. The molecule has 0 aromatic heterocycles. The fourth-order valence-electron chi connectivity index (χ4n) is 2.63. The number of carbonyl (C=O) groups excluding carboxylic acids is 2. The van der Waals surface area contributed by atoms with Crippen LogP contribution in [0.15, 0.2) is 0 Å². The van der Waals surface area contributed by atoms with Crippen LogP contribution >= 0.6 is 7.75 Å². The third-order valence-corrected chi connectivity index (χ3v) is 5.72. The minimum absolute atomic E-state index is 0.0275. The summed E-state index contributed by atoms with van der Waals surface area (Å²) in [4.78, 5) is 23.5. The Morgan fingerprint density at radius 1 is 1.36 bits per heavy atom. The summed E-state index contributed by atoms with van der Waals surface area (Å²) in [5.74, 6) is -0.854. The summed E-state index contributed by atoms with van der Waals surface area (Å²) in [5.41, 5.74) is -0.658. The highest BCUT2D eigenvalue weighted by Crippen LogP contribution is 2.53. The molecule has 2 heterocycles. The van der Waals surface area contributed by atoms with Gasteiger partial charge in [-0.1, -0.05) is 13.8 Å². The molecule has 2 aliphatic heterocycles. The topological polar surface area (TPSA) is 112 Å². The first-order valence-electron chi connectivity index (χ1n) is 8.40. The predicted molar refractivity (Wildman–Crippen MR) is 88.8 cm³/mol. The highest BCUT2D eigenvalue weighted by atomic mass is 31.2. The van der Waals surface area contributed by atoms with E-state index in [0.29, 0.717) is 13.2 Å². The number of nitrogens with one attached hydrogen (secondary N) is 2. The normalized spacial score (nSPS) is 31.5. The van der Waals surface area contributed by atoms with Gasteiger partial charge in [0.05, 0.1) is 26.2 Å². The maximum atomic E-state index is 12.8. The van der Waals surface area contributed by atoms with Gasteiger partial charge in [0.1, 0.15) is 0 Å². The second-order valence-corrected chi connectivity index (χ2v) is 8.64. The summed E-state index contributed by atoms with van der Waals surface area (Å²) < 4.78 is 33.7. The molecule has 2 N–H and O–H groups in total. The monoisotopic (exact) mass is 378 g/mol. The van der Waals surface area contributed by atoms with Crippen LogP contribution in [-0.2, 0) is 32.7 Å². The first kappa shape index (κ1) is 20.3. The molecule has 2 aliphatic rings. The van der Waals surface area contributed by atoms with E-state index in [9.17, 15) is 14.2 Å². The number of rotatable bonds is 7. The molecule has 0 spiro atoms. The number of methoxy groups -OCH3 is 1. The molecule has 3 atom stereocenters. The van der Waals surface area contributed by atoms with E-state index in [1.165, 1.54) is 7.11 Å². The summed E-state index contributed by atoms with van der Waals surface area (Å²) in [6, 6.07) is 0. The average Bonchev–Trinajstić information content (AvgIpc) is 3.09. The van der Waals surface area contributed by atoms with Crippen molar-refractivity contribution in [3.8, 4) is 0 Å². The lowest BCUT2D eigenvalue weighted by Gasteiger charge is -2.40. The zero-order valence-electron chi connectivity index (χ0n) is 14.9. The minimum Gasteiger partial charge on any atom is -0.469 e. The van der Waals surface area contributed by atoms with E-state index in [-0.39, 0.29) is 25.7 Å². The van der Waals surface area contributed by atoms with Crippen LogP contribution in [0.3, 0.4) is 0 Å². The van der Waals surface area contributed by atoms with Gasteiger partial charge in [-0.05, 0) is 12.8 Å². The largest absolute Gasteiger partial charge is 0.469 e. The Kier molecular flexibility index (Phi) is 6.99. The van der Waals surface area contributed by atoms with Crippen LogP contribution in [-0.4, -0.2) is 57.5 Å². The molecule has 10 heteroatoms. The Morgan fingerprint density at radius 3 is 2.76 bits per heavy atom. The Labute approximate surface area is 147 Å². The van der Waals surface area contributed by atoms with Crippen LogP contribution in [0.5, 0.6) is 0 Å². The molecular formula is C15H27N2O7P. The molecule has 9 nitrogen and oxygen atoms in total. The number of hydrogen-bond acceptors (Lipinski definition) is 7. The SMILES string of the molecule is COC(=O)CCNC(=O)[C@@H]1OP(=O)(NCC2CCCO2)OCC1(C)C. The van der Waals surface area contributed by atoms with Crippen LogP contribution in [0.2, 0.25) is 0 Å². The van der Waals surface area contributed by atoms with Gasteiger partial charge < -0.3 is 14.8 Å². The van der Waals surface area contributed by atoms with Crippen molar-refractivity contribution in [1.29, 1.82) is 0 Å². The number of amides is 1. The van der Waals surface area contributed by atoms with Gasteiger partial charge in [0.25, 0.3) is 0 Å². The van der Waals surface area contributed by atoms with E-state index in [2.05, 4.69) is 15.1 Å². The van der Waals surface area contributed by atoms with Gasteiger partial charge in [-0.3, -0.25) is 18.6 Å². The molecular weight excluding hydrogens is 351 g/mol. The molecule has 2 rings (SSSR count). The fraction of sp³-hybridized carbons (Fsp3) is 0.867. The zero-order chi connectivity index (χ0) is 18.5. The molecule has 0 saturated carbocycles. The summed E-state index contributed by atoms with van der Waals surface area (Å²) >= 11 is 0. The van der Waals surface area contributed by atoms with Crippen molar-refractivity contribution in [1.82, 2.24) is 10.4 Å². The van der Waals surface area contributed by atoms with Crippen molar-refractivity contribution in [2.24, 2.45) is 5.41 Å². The van der Waals surface area contributed by atoms with Crippen molar-refractivity contribution in [2.45, 2.75) is 45.3 Å². The van der Waals surface area contributed by atoms with Crippen molar-refractivity contribution in [3.63, 3.8) is 0 Å². The predicted octanol–water partition coefficient (Wildman–Crippen LogP) is 0.984. The van der Waals surface area contributed by atoms with Gasteiger partial charge in [0.15, 0.2) is 6.10 Å². The van der Waals surface area contributed by atoms with E-state index in [0.717, 1.165) is 12.8 Å². The third-order valence-electron chi connectivity index (χ3n) is 4.19. The van der Waals surface area contributed by atoms with Gasteiger partial charge >= 0.3 is 13.7 Å². The van der Waals surface area contributed by atoms with E-state index in [1.807, 2.05) is 0 Å². The lowest BCUT2D eigenvalue weighted by atomic mass is 9.87. The lowest BCUT2D eigenvalue weighted by molar-refractivity contribution is -0.141. The number of hydrogen-bond donors (Lipinski definition) is 2. The molecule has 2 saturated heterocycles. The highest BCUT2D eigenvalue weighted by molar-refractivity contribution is 7.51. The Hall–Kier alpha value is -0.990. The van der Waals surface area contributed by atoms with Crippen LogP contribution in [0.25, 0.3) is 0 Å². The quantitative estimate of drug-likeness (QED) is 0.498. The molecule has 0 aliphatic carbocycles. The maximum Gasteiger partial charge on any atom is 0.406 e. The molecule has 25 heavy (non-hydrogen) atoms. The smallest absolute Gasteiger partial charge is 0.406 e. The zero-order valence-corrected chi connectivity index (χ0v) is 15.8. The molecule has 144 valence electrons. The fourth-order valence-corrected chi connectivity index (χ4v) is 4.44. The molecule has 2 unspecified atom stereocenters. The van der Waals surface area contributed by atoms with Gasteiger partial charge in [0.2, 0.25) is 5.91 Å². The molecule has 0 bridgehead atoms. The Bertz CT molecular complexity index is 534. The third kappa shape index (κ3) is 5.76. The number of esters is 1. The highest BCUT2D eigenvalue weighted by Gasteiger charge is 2.48. The van der Waals surface area contributed by atoms with Crippen molar-refractivity contribution < 1.29 is 32.7 Å². The molecule has 2 fully saturated rings.